The third kappa shape index (κ3) is 4.32. The lowest BCUT2D eigenvalue weighted by molar-refractivity contribution is -0.114. The van der Waals surface area contributed by atoms with Crippen molar-refractivity contribution < 1.29 is 23.0 Å². The van der Waals surface area contributed by atoms with E-state index < -0.39 is 17.5 Å². The van der Waals surface area contributed by atoms with Crippen molar-refractivity contribution in [2.45, 2.75) is 0 Å². The number of carbonyl (C=O) groups is 1. The zero-order valence-electron chi connectivity index (χ0n) is 12.7. The van der Waals surface area contributed by atoms with Crippen LogP contribution in [0.1, 0.15) is 0 Å². The van der Waals surface area contributed by atoms with Gasteiger partial charge in [0.05, 0.1) is 26.5 Å². The molecule has 2 aromatic rings. The summed E-state index contributed by atoms with van der Waals surface area (Å²) < 4.78 is 36.2. The predicted molar refractivity (Wildman–Crippen MR) is 83.0 cm³/mol. The minimum atomic E-state index is -1.02. The summed E-state index contributed by atoms with van der Waals surface area (Å²) in [5.74, 6) is -1.26. The Bertz CT molecular complexity index is 708. The molecule has 0 bridgehead atoms. The van der Waals surface area contributed by atoms with Gasteiger partial charge < -0.3 is 20.1 Å². The number of benzene rings is 2. The lowest BCUT2D eigenvalue weighted by Gasteiger charge is -2.12. The van der Waals surface area contributed by atoms with Crippen LogP contribution >= 0.6 is 0 Å². The van der Waals surface area contributed by atoms with Crippen molar-refractivity contribution in [2.75, 3.05) is 31.4 Å². The van der Waals surface area contributed by atoms with Gasteiger partial charge >= 0.3 is 0 Å². The van der Waals surface area contributed by atoms with Gasteiger partial charge in [-0.1, -0.05) is 0 Å². The number of nitrogens with one attached hydrogen (secondary N) is 2. The molecule has 0 aromatic heterocycles. The first kappa shape index (κ1) is 16.5. The maximum absolute atomic E-state index is 13.1. The SMILES string of the molecule is COc1ccc(NCC(=O)Nc2ccc(F)c(F)c2)c(OC)c1. The molecule has 0 aliphatic heterocycles. The number of carbonyl (C=O) groups excluding carboxylic acids is 1. The summed E-state index contributed by atoms with van der Waals surface area (Å²) in [7, 11) is 3.04. The number of hydrogen-bond acceptors (Lipinski definition) is 4. The molecule has 0 spiro atoms. The Morgan fingerprint density at radius 1 is 1.04 bits per heavy atom. The van der Waals surface area contributed by atoms with Gasteiger partial charge in [-0.15, -0.1) is 0 Å². The molecule has 7 heteroatoms. The molecule has 0 radical (unpaired) electrons. The third-order valence-corrected chi connectivity index (χ3v) is 3.05. The highest BCUT2D eigenvalue weighted by atomic mass is 19.2. The molecule has 0 heterocycles. The van der Waals surface area contributed by atoms with Gasteiger partial charge in [0.2, 0.25) is 5.91 Å². The molecule has 2 N–H and O–H groups in total. The summed E-state index contributed by atoms with van der Waals surface area (Å²) in [6, 6.07) is 8.26. The van der Waals surface area contributed by atoms with Crippen LogP contribution < -0.4 is 20.1 Å². The van der Waals surface area contributed by atoms with Gasteiger partial charge in [-0.25, -0.2) is 8.78 Å². The van der Waals surface area contributed by atoms with Crippen molar-refractivity contribution in [2.24, 2.45) is 0 Å². The number of amides is 1. The molecule has 0 saturated carbocycles. The third-order valence-electron chi connectivity index (χ3n) is 3.05. The zero-order valence-corrected chi connectivity index (χ0v) is 12.7. The largest absolute Gasteiger partial charge is 0.497 e. The van der Waals surface area contributed by atoms with Crippen LogP contribution in [0.2, 0.25) is 0 Å². The monoisotopic (exact) mass is 322 g/mol. The normalized spacial score (nSPS) is 10.1. The summed E-state index contributed by atoms with van der Waals surface area (Å²) in [5.41, 5.74) is 0.783. The van der Waals surface area contributed by atoms with Crippen molar-refractivity contribution in [1.29, 1.82) is 0 Å². The molecule has 1 amide bonds. The predicted octanol–water partition coefficient (Wildman–Crippen LogP) is 3.03. The van der Waals surface area contributed by atoms with Gasteiger partial charge in [0, 0.05) is 17.8 Å². The minimum absolute atomic E-state index is 0.0678. The Balaban J connectivity index is 1.97. The topological polar surface area (TPSA) is 59.6 Å². The summed E-state index contributed by atoms with van der Waals surface area (Å²) in [5, 5.41) is 5.37. The van der Waals surface area contributed by atoms with Gasteiger partial charge in [-0.2, -0.15) is 0 Å². The van der Waals surface area contributed by atoms with Crippen LogP contribution in [0, 0.1) is 11.6 Å². The fraction of sp³-hybridized carbons (Fsp3) is 0.188. The van der Waals surface area contributed by atoms with E-state index in [-0.39, 0.29) is 12.2 Å². The summed E-state index contributed by atoms with van der Waals surface area (Å²) in [4.78, 5) is 11.8. The van der Waals surface area contributed by atoms with E-state index in [9.17, 15) is 13.6 Å². The number of methoxy groups -OCH3 is 2. The van der Waals surface area contributed by atoms with Crippen molar-refractivity contribution in [3.63, 3.8) is 0 Å². The van der Waals surface area contributed by atoms with E-state index in [4.69, 9.17) is 9.47 Å². The van der Waals surface area contributed by atoms with Gasteiger partial charge in [-0.05, 0) is 24.3 Å². The van der Waals surface area contributed by atoms with Gasteiger partial charge in [0.15, 0.2) is 11.6 Å². The number of anilines is 2. The van der Waals surface area contributed by atoms with Crippen molar-refractivity contribution >= 4 is 17.3 Å². The van der Waals surface area contributed by atoms with E-state index in [2.05, 4.69) is 10.6 Å². The fourth-order valence-electron chi connectivity index (χ4n) is 1.90. The van der Waals surface area contributed by atoms with Crippen LogP contribution in [0.15, 0.2) is 36.4 Å². The molecule has 0 atom stereocenters. The number of halogens is 2. The van der Waals surface area contributed by atoms with E-state index in [0.29, 0.717) is 17.2 Å². The second-order valence-electron chi connectivity index (χ2n) is 4.60. The van der Waals surface area contributed by atoms with Crippen LogP contribution in [0.3, 0.4) is 0 Å². The Hall–Kier alpha value is -2.83. The average Bonchev–Trinajstić information content (AvgIpc) is 2.56. The molecule has 0 aliphatic carbocycles. The van der Waals surface area contributed by atoms with Gasteiger partial charge in [-0.3, -0.25) is 4.79 Å². The lowest BCUT2D eigenvalue weighted by Crippen LogP contribution is -2.22. The number of ether oxygens (including phenoxy) is 2. The highest BCUT2D eigenvalue weighted by Crippen LogP contribution is 2.28. The minimum Gasteiger partial charge on any atom is -0.497 e. The molecular weight excluding hydrogens is 306 g/mol. The first-order chi connectivity index (χ1) is 11.0. The molecule has 0 unspecified atom stereocenters. The van der Waals surface area contributed by atoms with E-state index in [1.165, 1.54) is 20.3 Å². The van der Waals surface area contributed by atoms with E-state index >= 15 is 0 Å². The molecule has 2 aromatic carbocycles. The van der Waals surface area contributed by atoms with Crippen molar-refractivity contribution in [1.82, 2.24) is 0 Å². The van der Waals surface area contributed by atoms with E-state index in [1.807, 2.05) is 0 Å². The number of hydrogen-bond donors (Lipinski definition) is 2. The summed E-state index contributed by atoms with van der Waals surface area (Å²) in [6.07, 6.45) is 0. The van der Waals surface area contributed by atoms with Crippen LogP contribution in [-0.4, -0.2) is 26.7 Å². The van der Waals surface area contributed by atoms with Crippen LogP contribution in [-0.2, 0) is 4.79 Å². The molecule has 5 nitrogen and oxygen atoms in total. The van der Waals surface area contributed by atoms with Crippen LogP contribution in [0.4, 0.5) is 20.2 Å². The maximum atomic E-state index is 13.1. The standard InChI is InChI=1S/C16H16F2N2O3/c1-22-11-4-6-14(15(8-11)23-2)19-9-16(21)20-10-3-5-12(17)13(18)7-10/h3-8,19H,9H2,1-2H3,(H,20,21). The van der Waals surface area contributed by atoms with Crippen molar-refractivity contribution in [3.8, 4) is 11.5 Å². The van der Waals surface area contributed by atoms with Crippen LogP contribution in [0.25, 0.3) is 0 Å². The van der Waals surface area contributed by atoms with Gasteiger partial charge in [0.1, 0.15) is 11.5 Å². The Kier molecular flexibility index (Phi) is 5.35. The Morgan fingerprint density at radius 3 is 2.48 bits per heavy atom. The molecule has 2 rings (SSSR count). The first-order valence-corrected chi connectivity index (χ1v) is 6.74. The highest BCUT2D eigenvalue weighted by Gasteiger charge is 2.09. The summed E-state index contributed by atoms with van der Waals surface area (Å²) in [6.45, 7) is -0.0678. The van der Waals surface area contributed by atoms with E-state index in [1.54, 1.807) is 18.2 Å². The number of rotatable bonds is 6. The average molecular weight is 322 g/mol. The lowest BCUT2D eigenvalue weighted by atomic mass is 10.2. The summed E-state index contributed by atoms with van der Waals surface area (Å²) >= 11 is 0. The maximum Gasteiger partial charge on any atom is 0.243 e. The second kappa shape index (κ2) is 7.44. The first-order valence-electron chi connectivity index (χ1n) is 6.74. The Labute approximate surface area is 132 Å². The molecular formula is C16H16F2N2O3. The highest BCUT2D eigenvalue weighted by molar-refractivity contribution is 5.93. The zero-order chi connectivity index (χ0) is 16.8. The van der Waals surface area contributed by atoms with Gasteiger partial charge in [0.25, 0.3) is 0 Å². The smallest absolute Gasteiger partial charge is 0.243 e. The molecule has 23 heavy (non-hydrogen) atoms. The van der Waals surface area contributed by atoms with Crippen molar-refractivity contribution in [3.05, 3.63) is 48.0 Å². The Morgan fingerprint density at radius 2 is 1.83 bits per heavy atom. The molecule has 122 valence electrons. The fourth-order valence-corrected chi connectivity index (χ4v) is 1.90. The quantitative estimate of drug-likeness (QED) is 0.858. The van der Waals surface area contributed by atoms with E-state index in [0.717, 1.165) is 12.1 Å². The van der Waals surface area contributed by atoms with Crippen LogP contribution in [0.5, 0.6) is 11.5 Å². The molecule has 0 aliphatic rings. The second-order valence-corrected chi connectivity index (χ2v) is 4.60. The molecule has 0 fully saturated rings. The molecule has 0 saturated heterocycles.